The van der Waals surface area contributed by atoms with Gasteiger partial charge in [0.25, 0.3) is 0 Å². The summed E-state index contributed by atoms with van der Waals surface area (Å²) in [7, 11) is 1.91. The Morgan fingerprint density at radius 3 is 2.82 bits per heavy atom. The van der Waals surface area contributed by atoms with Gasteiger partial charge in [0.15, 0.2) is 0 Å². The zero-order valence-electron chi connectivity index (χ0n) is 6.96. The van der Waals surface area contributed by atoms with Crippen molar-refractivity contribution in [1.29, 1.82) is 0 Å². The van der Waals surface area contributed by atoms with E-state index in [2.05, 4.69) is 11.7 Å². The molecule has 3 nitrogen and oxygen atoms in total. The van der Waals surface area contributed by atoms with Crippen LogP contribution in [0, 0.1) is 6.92 Å². The molecule has 0 aromatic carbocycles. The van der Waals surface area contributed by atoms with E-state index in [1.165, 1.54) is 0 Å². The van der Waals surface area contributed by atoms with Crippen LogP contribution in [0.15, 0.2) is 12.8 Å². The molecule has 3 heteroatoms. The number of hydrogen-bond donors (Lipinski definition) is 1. The lowest BCUT2D eigenvalue weighted by molar-refractivity contribution is 0.739. The molecule has 0 aliphatic heterocycles. The zero-order valence-corrected chi connectivity index (χ0v) is 6.96. The van der Waals surface area contributed by atoms with E-state index in [1.807, 2.05) is 18.7 Å². The quantitative estimate of drug-likeness (QED) is 0.676. The van der Waals surface area contributed by atoms with Crippen molar-refractivity contribution in [3.05, 3.63) is 24.0 Å². The molecule has 0 atom stereocenters. The van der Waals surface area contributed by atoms with Crippen molar-refractivity contribution in [2.24, 2.45) is 12.8 Å². The van der Waals surface area contributed by atoms with E-state index in [-0.39, 0.29) is 0 Å². The highest BCUT2D eigenvalue weighted by molar-refractivity contribution is 5.65. The molecule has 0 radical (unpaired) electrons. The summed E-state index contributed by atoms with van der Waals surface area (Å²) >= 11 is 0. The molecule has 2 N–H and O–H groups in total. The molecule has 1 aromatic heterocycles. The lowest BCUT2D eigenvalue weighted by atomic mass is 10.1. The van der Waals surface area contributed by atoms with Crippen molar-refractivity contribution in [2.75, 3.05) is 6.54 Å². The van der Waals surface area contributed by atoms with Crippen molar-refractivity contribution in [1.82, 2.24) is 9.78 Å². The van der Waals surface area contributed by atoms with E-state index in [0.29, 0.717) is 6.54 Å². The Morgan fingerprint density at radius 2 is 2.45 bits per heavy atom. The van der Waals surface area contributed by atoms with Gasteiger partial charge in [-0.15, -0.1) is 0 Å². The maximum atomic E-state index is 5.45. The minimum Gasteiger partial charge on any atom is -0.326 e. The van der Waals surface area contributed by atoms with E-state index in [4.69, 9.17) is 5.73 Å². The van der Waals surface area contributed by atoms with Gasteiger partial charge in [-0.25, -0.2) is 0 Å². The lowest BCUT2D eigenvalue weighted by Crippen LogP contribution is -2.02. The van der Waals surface area contributed by atoms with E-state index in [0.717, 1.165) is 16.8 Å². The van der Waals surface area contributed by atoms with Crippen LogP contribution in [0.2, 0.25) is 0 Å². The van der Waals surface area contributed by atoms with Gasteiger partial charge < -0.3 is 5.73 Å². The van der Waals surface area contributed by atoms with Crippen LogP contribution in [-0.4, -0.2) is 16.3 Å². The van der Waals surface area contributed by atoms with Gasteiger partial charge in [0.05, 0.1) is 6.20 Å². The van der Waals surface area contributed by atoms with Gasteiger partial charge in [-0.05, 0) is 12.5 Å². The summed E-state index contributed by atoms with van der Waals surface area (Å²) in [4.78, 5) is 0. The summed E-state index contributed by atoms with van der Waals surface area (Å²) in [5, 5.41) is 4.09. The summed E-state index contributed by atoms with van der Waals surface area (Å²) in [6.45, 7) is 6.34. The van der Waals surface area contributed by atoms with Gasteiger partial charge in [0, 0.05) is 24.8 Å². The van der Waals surface area contributed by atoms with Crippen LogP contribution in [0.4, 0.5) is 0 Å². The summed E-state index contributed by atoms with van der Waals surface area (Å²) < 4.78 is 1.82. The predicted octanol–water partition coefficient (Wildman–Crippen LogP) is 0.700. The second-order valence-electron chi connectivity index (χ2n) is 2.57. The number of rotatable bonds is 2. The third-order valence-corrected chi connectivity index (χ3v) is 1.86. The fourth-order valence-electron chi connectivity index (χ4n) is 0.956. The van der Waals surface area contributed by atoms with Crippen molar-refractivity contribution in [3.8, 4) is 0 Å². The first-order valence-corrected chi connectivity index (χ1v) is 3.53. The highest BCUT2D eigenvalue weighted by Gasteiger charge is 2.04. The lowest BCUT2D eigenvalue weighted by Gasteiger charge is -2.00. The Balaban J connectivity index is 3.04. The van der Waals surface area contributed by atoms with Crippen LogP contribution < -0.4 is 5.73 Å². The third kappa shape index (κ3) is 1.33. The van der Waals surface area contributed by atoms with Gasteiger partial charge >= 0.3 is 0 Å². The largest absolute Gasteiger partial charge is 0.326 e. The molecule has 0 fully saturated rings. The van der Waals surface area contributed by atoms with Crippen molar-refractivity contribution >= 4 is 5.57 Å². The monoisotopic (exact) mass is 151 g/mol. The van der Waals surface area contributed by atoms with E-state index in [1.54, 1.807) is 6.20 Å². The highest BCUT2D eigenvalue weighted by Crippen LogP contribution is 2.13. The number of nitrogens with zero attached hydrogens (tertiary/aromatic N) is 2. The van der Waals surface area contributed by atoms with Gasteiger partial charge in [-0.2, -0.15) is 5.10 Å². The van der Waals surface area contributed by atoms with Gasteiger partial charge in [-0.1, -0.05) is 6.58 Å². The van der Waals surface area contributed by atoms with E-state index >= 15 is 0 Å². The SMILES string of the molecule is C=C(CN)c1cnn(C)c1C. The Morgan fingerprint density at radius 1 is 1.82 bits per heavy atom. The summed E-state index contributed by atoms with van der Waals surface area (Å²) in [6, 6.07) is 0. The minimum absolute atomic E-state index is 0.493. The van der Waals surface area contributed by atoms with Crippen LogP contribution in [0.5, 0.6) is 0 Å². The fourth-order valence-corrected chi connectivity index (χ4v) is 0.956. The molecule has 0 unspecified atom stereocenters. The number of hydrogen-bond acceptors (Lipinski definition) is 2. The smallest absolute Gasteiger partial charge is 0.0568 e. The second kappa shape index (κ2) is 2.88. The average Bonchev–Trinajstić information content (AvgIpc) is 2.32. The standard InChI is InChI=1S/C8H13N3/c1-6(4-9)8-5-10-11(3)7(8)2/h5H,1,4,9H2,2-3H3. The minimum atomic E-state index is 0.493. The van der Waals surface area contributed by atoms with Gasteiger partial charge in [-0.3, -0.25) is 4.68 Å². The molecular formula is C8H13N3. The molecule has 0 spiro atoms. The van der Waals surface area contributed by atoms with Gasteiger partial charge in [0.1, 0.15) is 0 Å². The van der Waals surface area contributed by atoms with E-state index < -0.39 is 0 Å². The molecule has 0 aliphatic carbocycles. The molecule has 0 saturated heterocycles. The van der Waals surface area contributed by atoms with Gasteiger partial charge in [0.2, 0.25) is 0 Å². The number of nitrogens with two attached hydrogens (primary N) is 1. The molecule has 0 bridgehead atoms. The van der Waals surface area contributed by atoms with Crippen LogP contribution in [0.1, 0.15) is 11.3 Å². The summed E-state index contributed by atoms with van der Waals surface area (Å²) in [5.74, 6) is 0. The first kappa shape index (κ1) is 8.01. The molecule has 0 amide bonds. The summed E-state index contributed by atoms with van der Waals surface area (Å²) in [5.41, 5.74) is 8.56. The highest BCUT2D eigenvalue weighted by atomic mass is 15.3. The molecular weight excluding hydrogens is 138 g/mol. The third-order valence-electron chi connectivity index (χ3n) is 1.86. The Hall–Kier alpha value is -1.09. The Bertz CT molecular complexity index is 273. The first-order valence-electron chi connectivity index (χ1n) is 3.53. The number of aromatic nitrogens is 2. The molecule has 1 rings (SSSR count). The second-order valence-corrected chi connectivity index (χ2v) is 2.57. The molecule has 0 aliphatic rings. The zero-order chi connectivity index (χ0) is 8.43. The maximum Gasteiger partial charge on any atom is 0.0568 e. The normalized spacial score (nSPS) is 10.1. The fraction of sp³-hybridized carbons (Fsp3) is 0.375. The van der Waals surface area contributed by atoms with Crippen molar-refractivity contribution < 1.29 is 0 Å². The molecule has 11 heavy (non-hydrogen) atoms. The van der Waals surface area contributed by atoms with Crippen LogP contribution in [0.3, 0.4) is 0 Å². The van der Waals surface area contributed by atoms with Crippen LogP contribution >= 0.6 is 0 Å². The maximum absolute atomic E-state index is 5.45. The van der Waals surface area contributed by atoms with Crippen molar-refractivity contribution in [3.63, 3.8) is 0 Å². The molecule has 60 valence electrons. The van der Waals surface area contributed by atoms with Crippen molar-refractivity contribution in [2.45, 2.75) is 6.92 Å². The Kier molecular flexibility index (Phi) is 2.10. The topological polar surface area (TPSA) is 43.8 Å². The molecule has 1 heterocycles. The van der Waals surface area contributed by atoms with Crippen LogP contribution in [-0.2, 0) is 7.05 Å². The predicted molar refractivity (Wildman–Crippen MR) is 46.0 cm³/mol. The molecule has 1 aromatic rings. The Labute approximate surface area is 66.5 Å². The van der Waals surface area contributed by atoms with Crippen LogP contribution in [0.25, 0.3) is 5.57 Å². The first-order chi connectivity index (χ1) is 5.16. The molecule has 0 saturated carbocycles. The summed E-state index contributed by atoms with van der Waals surface area (Å²) in [6.07, 6.45) is 1.80. The average molecular weight is 151 g/mol. The van der Waals surface area contributed by atoms with E-state index in [9.17, 15) is 0 Å². The number of aryl methyl sites for hydroxylation is 1.